The van der Waals surface area contributed by atoms with Gasteiger partial charge in [0.15, 0.2) is 5.82 Å². The van der Waals surface area contributed by atoms with Crippen LogP contribution >= 0.6 is 0 Å². The van der Waals surface area contributed by atoms with Crippen molar-refractivity contribution in [3.63, 3.8) is 0 Å². The van der Waals surface area contributed by atoms with Crippen LogP contribution in [0.3, 0.4) is 0 Å². The van der Waals surface area contributed by atoms with Gasteiger partial charge in [0.05, 0.1) is 0 Å². The number of rotatable bonds is 2. The summed E-state index contributed by atoms with van der Waals surface area (Å²) in [5, 5.41) is 12.3. The van der Waals surface area contributed by atoms with Crippen molar-refractivity contribution in [3.05, 3.63) is 11.7 Å². The van der Waals surface area contributed by atoms with E-state index in [1.165, 1.54) is 0 Å². The molecule has 1 heterocycles. The minimum absolute atomic E-state index is 0.112. The number of hydrogen-bond donors (Lipinski definition) is 1. The van der Waals surface area contributed by atoms with E-state index in [-0.39, 0.29) is 12.0 Å². The van der Waals surface area contributed by atoms with Crippen LogP contribution in [0.2, 0.25) is 0 Å². The van der Waals surface area contributed by atoms with Gasteiger partial charge in [-0.15, -0.1) is 0 Å². The summed E-state index contributed by atoms with van der Waals surface area (Å²) in [7, 11) is 0. The molecule has 0 radical (unpaired) electrons. The van der Waals surface area contributed by atoms with E-state index in [4.69, 9.17) is 9.63 Å². The third-order valence-corrected chi connectivity index (χ3v) is 2.13. The molecule has 1 aromatic heterocycles. The Bertz CT molecular complexity index is 265. The zero-order valence-electron chi connectivity index (χ0n) is 6.37. The van der Waals surface area contributed by atoms with Gasteiger partial charge in [0.1, 0.15) is 6.61 Å². The first kappa shape index (κ1) is 6.79. The minimum Gasteiger partial charge on any atom is -0.388 e. The van der Waals surface area contributed by atoms with Crippen LogP contribution in [0.1, 0.15) is 31.5 Å². The van der Waals surface area contributed by atoms with Gasteiger partial charge in [-0.25, -0.2) is 0 Å². The summed E-state index contributed by atoms with van der Waals surface area (Å²) in [4.78, 5) is 4.03. The summed E-state index contributed by atoms with van der Waals surface area (Å²) in [5.74, 6) is 1.05. The lowest BCUT2D eigenvalue weighted by molar-refractivity contribution is 0.262. The van der Waals surface area contributed by atoms with Crippen LogP contribution in [0.15, 0.2) is 4.52 Å². The lowest BCUT2D eigenvalue weighted by Crippen LogP contribution is -1.99. The molecule has 1 saturated carbocycles. The lowest BCUT2D eigenvalue weighted by Gasteiger charge is -1.96. The van der Waals surface area contributed by atoms with Crippen LogP contribution < -0.4 is 0 Å². The van der Waals surface area contributed by atoms with E-state index in [9.17, 15) is 0 Å². The highest BCUT2D eigenvalue weighted by atomic mass is 16.5. The molecule has 0 spiro atoms. The van der Waals surface area contributed by atoms with E-state index in [1.807, 2.05) is 0 Å². The van der Waals surface area contributed by atoms with Crippen molar-refractivity contribution in [1.29, 1.82) is 0 Å². The molecule has 60 valence electrons. The molecule has 2 rings (SSSR count). The Morgan fingerprint density at radius 1 is 1.64 bits per heavy atom. The van der Waals surface area contributed by atoms with Crippen molar-refractivity contribution in [2.45, 2.75) is 31.8 Å². The van der Waals surface area contributed by atoms with Crippen molar-refractivity contribution < 1.29 is 9.63 Å². The van der Waals surface area contributed by atoms with Gasteiger partial charge in [-0.05, 0) is 12.8 Å². The number of hydrogen-bond acceptors (Lipinski definition) is 4. The van der Waals surface area contributed by atoms with Crippen molar-refractivity contribution in [3.8, 4) is 0 Å². The van der Waals surface area contributed by atoms with Crippen LogP contribution in [0.4, 0.5) is 0 Å². The maximum Gasteiger partial charge on any atom is 0.232 e. The number of aliphatic hydroxyl groups excluding tert-OH is 1. The zero-order valence-corrected chi connectivity index (χ0v) is 6.37. The second-order valence-electron chi connectivity index (χ2n) is 3.23. The number of aromatic nitrogens is 2. The van der Waals surface area contributed by atoms with E-state index in [0.717, 1.165) is 12.8 Å². The van der Waals surface area contributed by atoms with E-state index in [1.54, 1.807) is 0 Å². The minimum atomic E-state index is -0.139. The maximum absolute atomic E-state index is 8.65. The quantitative estimate of drug-likeness (QED) is 0.678. The Hall–Kier alpha value is -0.900. The Morgan fingerprint density at radius 2 is 2.36 bits per heavy atom. The van der Waals surface area contributed by atoms with Gasteiger partial charge in [0.25, 0.3) is 0 Å². The lowest BCUT2D eigenvalue weighted by atomic mass is 10.1. The molecule has 4 heteroatoms. The predicted octanol–water partition coefficient (Wildman–Crippen LogP) is 0.613. The van der Waals surface area contributed by atoms with Crippen LogP contribution in [0.5, 0.6) is 0 Å². The summed E-state index contributed by atoms with van der Waals surface area (Å²) in [6.45, 7) is 1.95. The standard InChI is InChI=1S/C7H10N2O2/c1-7(2-3-7)6-8-5(4-10)9-11-6/h10H,2-4H2,1H3. The fraction of sp³-hybridized carbons (Fsp3) is 0.714. The van der Waals surface area contributed by atoms with Gasteiger partial charge in [0.2, 0.25) is 5.89 Å². The normalized spacial score (nSPS) is 20.2. The molecule has 0 atom stereocenters. The summed E-state index contributed by atoms with van der Waals surface area (Å²) < 4.78 is 4.96. The molecule has 0 saturated heterocycles. The van der Waals surface area contributed by atoms with E-state index < -0.39 is 0 Å². The van der Waals surface area contributed by atoms with Crippen LogP contribution in [0, 0.1) is 0 Å². The van der Waals surface area contributed by atoms with Gasteiger partial charge in [0, 0.05) is 5.41 Å². The van der Waals surface area contributed by atoms with Crippen molar-refractivity contribution in [2.75, 3.05) is 0 Å². The molecule has 1 aliphatic rings. The predicted molar refractivity (Wildman–Crippen MR) is 36.8 cm³/mol. The molecule has 1 fully saturated rings. The molecule has 4 nitrogen and oxygen atoms in total. The fourth-order valence-electron chi connectivity index (χ4n) is 0.965. The van der Waals surface area contributed by atoms with Gasteiger partial charge in [-0.2, -0.15) is 4.98 Å². The molecular weight excluding hydrogens is 144 g/mol. The second-order valence-corrected chi connectivity index (χ2v) is 3.23. The van der Waals surface area contributed by atoms with Crippen molar-refractivity contribution >= 4 is 0 Å². The summed E-state index contributed by atoms with van der Waals surface area (Å²) in [6, 6.07) is 0. The Labute approximate surface area is 64.2 Å². The van der Waals surface area contributed by atoms with Crippen LogP contribution in [-0.4, -0.2) is 15.2 Å². The molecular formula is C7H10N2O2. The highest BCUT2D eigenvalue weighted by molar-refractivity contribution is 5.12. The van der Waals surface area contributed by atoms with Crippen LogP contribution in [0.25, 0.3) is 0 Å². The maximum atomic E-state index is 8.65. The molecule has 1 aliphatic carbocycles. The van der Waals surface area contributed by atoms with E-state index >= 15 is 0 Å². The van der Waals surface area contributed by atoms with E-state index in [0.29, 0.717) is 11.7 Å². The molecule has 11 heavy (non-hydrogen) atoms. The third kappa shape index (κ3) is 1.03. The molecule has 0 aromatic carbocycles. The first-order chi connectivity index (χ1) is 5.24. The Balaban J connectivity index is 2.25. The van der Waals surface area contributed by atoms with Gasteiger partial charge in [-0.3, -0.25) is 0 Å². The number of aliphatic hydroxyl groups is 1. The van der Waals surface area contributed by atoms with Crippen molar-refractivity contribution in [2.24, 2.45) is 0 Å². The highest BCUT2D eigenvalue weighted by Gasteiger charge is 2.44. The fourth-order valence-corrected chi connectivity index (χ4v) is 0.965. The molecule has 1 aromatic rings. The Morgan fingerprint density at radius 3 is 2.82 bits per heavy atom. The first-order valence-electron chi connectivity index (χ1n) is 3.68. The van der Waals surface area contributed by atoms with Crippen LogP contribution in [-0.2, 0) is 12.0 Å². The van der Waals surface area contributed by atoms with Gasteiger partial charge in [-0.1, -0.05) is 12.1 Å². The van der Waals surface area contributed by atoms with E-state index in [2.05, 4.69) is 17.1 Å². The first-order valence-corrected chi connectivity index (χ1v) is 3.68. The second kappa shape index (κ2) is 2.04. The third-order valence-electron chi connectivity index (χ3n) is 2.13. The average Bonchev–Trinajstić information content (AvgIpc) is 2.61. The molecule has 1 N–H and O–H groups in total. The number of nitrogens with zero attached hydrogens (tertiary/aromatic N) is 2. The van der Waals surface area contributed by atoms with Crippen molar-refractivity contribution in [1.82, 2.24) is 10.1 Å². The SMILES string of the molecule is CC1(c2nc(CO)no2)CC1. The largest absolute Gasteiger partial charge is 0.388 e. The van der Waals surface area contributed by atoms with Gasteiger partial charge < -0.3 is 9.63 Å². The summed E-state index contributed by atoms with van der Waals surface area (Å²) in [5.41, 5.74) is 0.112. The molecule has 0 aliphatic heterocycles. The monoisotopic (exact) mass is 154 g/mol. The summed E-state index contributed by atoms with van der Waals surface area (Å²) >= 11 is 0. The summed E-state index contributed by atoms with van der Waals surface area (Å²) in [6.07, 6.45) is 2.22. The van der Waals surface area contributed by atoms with Gasteiger partial charge >= 0.3 is 0 Å². The molecule has 0 amide bonds. The zero-order chi connectivity index (χ0) is 7.90. The topological polar surface area (TPSA) is 59.2 Å². The Kier molecular flexibility index (Phi) is 1.26. The highest BCUT2D eigenvalue weighted by Crippen LogP contribution is 2.46. The molecule has 0 bridgehead atoms. The smallest absolute Gasteiger partial charge is 0.232 e. The average molecular weight is 154 g/mol. The molecule has 0 unspecified atom stereocenters.